The van der Waals surface area contributed by atoms with Crippen molar-refractivity contribution in [1.29, 1.82) is 0 Å². The number of nitrogens with one attached hydrogen (secondary N) is 3. The van der Waals surface area contributed by atoms with Crippen LogP contribution in [0.5, 0.6) is 5.88 Å². The van der Waals surface area contributed by atoms with Crippen molar-refractivity contribution >= 4 is 34.0 Å². The number of hydrogen-bond donors (Lipinski definition) is 4. The van der Waals surface area contributed by atoms with E-state index in [0.717, 1.165) is 11.3 Å². The number of halogens is 2. The third-order valence-corrected chi connectivity index (χ3v) is 6.08. The van der Waals surface area contributed by atoms with Crippen LogP contribution in [0, 0.1) is 12.7 Å². The molecular weight excluding hydrogens is 446 g/mol. The number of nitrogen functional groups attached to an aromatic ring is 1. The van der Waals surface area contributed by atoms with Gasteiger partial charge in [0.05, 0.1) is 18.3 Å². The van der Waals surface area contributed by atoms with Gasteiger partial charge in [-0.1, -0.05) is 0 Å². The molecule has 11 heteroatoms. The van der Waals surface area contributed by atoms with Crippen molar-refractivity contribution in [1.82, 2.24) is 15.3 Å². The molecule has 4 heterocycles. The number of carbonyl (C=O) groups excluding carboxylic acids is 1. The molecule has 2 aliphatic heterocycles. The van der Waals surface area contributed by atoms with E-state index in [0.29, 0.717) is 48.4 Å². The Hall–Kier alpha value is -3.73. The molecule has 0 saturated carbocycles. The molecule has 5 N–H and O–H groups in total. The van der Waals surface area contributed by atoms with E-state index in [2.05, 4.69) is 25.9 Å². The van der Waals surface area contributed by atoms with Crippen LogP contribution in [-0.2, 0) is 4.74 Å². The van der Waals surface area contributed by atoms with Crippen molar-refractivity contribution in [3.05, 3.63) is 35.9 Å². The number of benzene rings is 1. The smallest absolute Gasteiger partial charge is 0.320 e. The van der Waals surface area contributed by atoms with E-state index >= 15 is 4.39 Å². The number of rotatable bonds is 3. The fourth-order valence-electron chi connectivity index (χ4n) is 4.24. The summed E-state index contributed by atoms with van der Waals surface area (Å²) < 4.78 is 39.8. The summed E-state index contributed by atoms with van der Waals surface area (Å²) in [5, 5.41) is 9.43. The number of carbonyl (C=O) groups is 1. The maximum Gasteiger partial charge on any atom is 0.320 e. The Bertz CT molecular complexity index is 1270. The molecule has 2 amide bonds. The Morgan fingerprint density at radius 1 is 1.24 bits per heavy atom. The molecule has 2 aliphatic rings. The van der Waals surface area contributed by atoms with Gasteiger partial charge in [0.2, 0.25) is 5.88 Å². The van der Waals surface area contributed by atoms with Crippen LogP contribution in [0.15, 0.2) is 24.5 Å². The fraction of sp³-hybridized carbons (Fsp3) is 0.348. The van der Waals surface area contributed by atoms with Gasteiger partial charge in [-0.05, 0) is 36.4 Å². The Morgan fingerprint density at radius 3 is 2.91 bits per heavy atom. The van der Waals surface area contributed by atoms with Gasteiger partial charge in [0, 0.05) is 42.1 Å². The minimum absolute atomic E-state index is 0.0502. The molecular formula is C23H24F2N6O3. The quantitative estimate of drug-likeness (QED) is 0.433. The van der Waals surface area contributed by atoms with Crippen LogP contribution in [0.3, 0.4) is 0 Å². The number of amides is 2. The molecule has 2 aromatic heterocycles. The molecule has 34 heavy (non-hydrogen) atoms. The normalized spacial score (nSPS) is 19.6. The lowest BCUT2D eigenvalue weighted by molar-refractivity contribution is 0.0173. The van der Waals surface area contributed by atoms with E-state index in [9.17, 15) is 9.18 Å². The van der Waals surface area contributed by atoms with Gasteiger partial charge in [0.1, 0.15) is 24.3 Å². The first-order chi connectivity index (χ1) is 16.4. The Kier molecular flexibility index (Phi) is 5.78. The summed E-state index contributed by atoms with van der Waals surface area (Å²) >= 11 is 0. The molecule has 1 fully saturated rings. The number of urea groups is 1. The second kappa shape index (κ2) is 8.90. The predicted octanol–water partition coefficient (Wildman–Crippen LogP) is 3.38. The van der Waals surface area contributed by atoms with Crippen molar-refractivity contribution in [3.8, 4) is 17.0 Å². The zero-order valence-corrected chi connectivity index (χ0v) is 18.5. The average molecular weight is 470 g/mol. The Balaban J connectivity index is 1.46. The summed E-state index contributed by atoms with van der Waals surface area (Å²) in [6.45, 7) is 3.32. The zero-order chi connectivity index (χ0) is 23.8. The maximum absolute atomic E-state index is 15.3. The van der Waals surface area contributed by atoms with E-state index in [1.165, 1.54) is 6.20 Å². The van der Waals surface area contributed by atoms with Crippen molar-refractivity contribution in [2.75, 3.05) is 42.7 Å². The van der Waals surface area contributed by atoms with Crippen molar-refractivity contribution in [2.24, 2.45) is 0 Å². The molecule has 178 valence electrons. The number of nitrogens with zero attached hydrogens (tertiary/aromatic N) is 2. The average Bonchev–Trinajstić information content (AvgIpc) is 2.83. The largest absolute Gasteiger partial charge is 0.474 e. The van der Waals surface area contributed by atoms with Gasteiger partial charge in [-0.2, -0.15) is 0 Å². The van der Waals surface area contributed by atoms with Crippen LogP contribution in [0.1, 0.15) is 12.0 Å². The van der Waals surface area contributed by atoms with Gasteiger partial charge in [-0.15, -0.1) is 0 Å². The Morgan fingerprint density at radius 2 is 2.09 bits per heavy atom. The number of hydrogen-bond acceptors (Lipinski definition) is 7. The van der Waals surface area contributed by atoms with Gasteiger partial charge in [-0.3, -0.25) is 5.32 Å². The first-order valence-corrected chi connectivity index (χ1v) is 11.0. The van der Waals surface area contributed by atoms with Gasteiger partial charge in [0.25, 0.3) is 0 Å². The first kappa shape index (κ1) is 22.1. The molecule has 0 bridgehead atoms. The summed E-state index contributed by atoms with van der Waals surface area (Å²) in [5.41, 5.74) is 8.39. The highest BCUT2D eigenvalue weighted by atomic mass is 19.1. The molecule has 5 rings (SSSR count). The lowest BCUT2D eigenvalue weighted by Gasteiger charge is -2.26. The molecule has 0 unspecified atom stereocenters. The maximum atomic E-state index is 15.3. The van der Waals surface area contributed by atoms with Crippen molar-refractivity contribution in [2.45, 2.75) is 25.6 Å². The molecule has 1 saturated heterocycles. The monoisotopic (exact) mass is 470 g/mol. The summed E-state index contributed by atoms with van der Waals surface area (Å²) in [7, 11) is 0. The summed E-state index contributed by atoms with van der Waals surface area (Å²) in [5.74, 6) is 0.117. The Labute approximate surface area is 194 Å². The molecule has 0 aliphatic carbocycles. The molecule has 1 aromatic carbocycles. The van der Waals surface area contributed by atoms with Crippen LogP contribution >= 0.6 is 0 Å². The highest BCUT2D eigenvalue weighted by molar-refractivity contribution is 6.00. The van der Waals surface area contributed by atoms with E-state index in [1.54, 1.807) is 18.3 Å². The standard InChI is InChI=1S/C23H24F2N6O3/c1-11-14(8-29-22-21(11)27-3-5-34-22)13-6-12-7-18(28-9-15(12)20(26)19(13)25)31-23(32)30-17-2-4-33-10-16(17)24/h6-9,16-17,27H,2-5,10,26H2,1H3,(H2,28,30,31,32)/t16-,17-/m0/s1. The zero-order valence-electron chi connectivity index (χ0n) is 18.5. The predicted molar refractivity (Wildman–Crippen MR) is 124 cm³/mol. The lowest BCUT2D eigenvalue weighted by Crippen LogP contribution is -2.48. The number of anilines is 3. The van der Waals surface area contributed by atoms with E-state index in [-0.39, 0.29) is 23.7 Å². The van der Waals surface area contributed by atoms with Gasteiger partial charge in [0.15, 0.2) is 5.82 Å². The minimum atomic E-state index is -1.28. The number of aromatic nitrogens is 2. The molecule has 3 aromatic rings. The lowest BCUT2D eigenvalue weighted by atomic mass is 9.97. The number of pyridine rings is 2. The fourth-order valence-corrected chi connectivity index (χ4v) is 4.24. The number of alkyl halides is 1. The number of ether oxygens (including phenoxy) is 2. The third-order valence-electron chi connectivity index (χ3n) is 6.08. The van der Waals surface area contributed by atoms with E-state index < -0.39 is 24.1 Å². The summed E-state index contributed by atoms with van der Waals surface area (Å²) in [6, 6.07) is 2.01. The van der Waals surface area contributed by atoms with E-state index in [4.69, 9.17) is 15.2 Å². The molecule has 2 atom stereocenters. The second-order valence-corrected chi connectivity index (χ2v) is 8.28. The van der Waals surface area contributed by atoms with Crippen molar-refractivity contribution in [3.63, 3.8) is 0 Å². The van der Waals surface area contributed by atoms with E-state index in [1.807, 2.05) is 6.92 Å². The molecule has 0 spiro atoms. The van der Waals surface area contributed by atoms with Gasteiger partial charge in [-0.25, -0.2) is 23.5 Å². The highest BCUT2D eigenvalue weighted by Gasteiger charge is 2.27. The second-order valence-electron chi connectivity index (χ2n) is 8.28. The van der Waals surface area contributed by atoms with Crippen LogP contribution < -0.4 is 26.4 Å². The summed E-state index contributed by atoms with van der Waals surface area (Å²) in [6.07, 6.45) is 2.06. The molecule has 9 nitrogen and oxygen atoms in total. The molecule has 0 radical (unpaired) electrons. The van der Waals surface area contributed by atoms with Crippen LogP contribution in [0.4, 0.5) is 30.8 Å². The SMILES string of the molecule is Cc1c(-c2cc3cc(NC(=O)N[C@H]4CCOC[C@@H]4F)ncc3c(N)c2F)cnc2c1NCCO2. The summed E-state index contributed by atoms with van der Waals surface area (Å²) in [4.78, 5) is 20.9. The minimum Gasteiger partial charge on any atom is -0.474 e. The highest BCUT2D eigenvalue weighted by Crippen LogP contribution is 2.39. The topological polar surface area (TPSA) is 123 Å². The first-order valence-electron chi connectivity index (χ1n) is 11.0. The van der Waals surface area contributed by atoms with Gasteiger partial charge >= 0.3 is 6.03 Å². The van der Waals surface area contributed by atoms with Gasteiger partial charge < -0.3 is 25.8 Å². The number of nitrogens with two attached hydrogens (primary N) is 1. The number of fused-ring (bicyclic) bond motifs is 2. The van der Waals surface area contributed by atoms with Crippen LogP contribution in [0.25, 0.3) is 21.9 Å². The van der Waals surface area contributed by atoms with Crippen LogP contribution in [0.2, 0.25) is 0 Å². The van der Waals surface area contributed by atoms with Crippen LogP contribution in [-0.4, -0.2) is 54.6 Å². The van der Waals surface area contributed by atoms with Crippen molar-refractivity contribution < 1.29 is 23.0 Å². The third kappa shape index (κ3) is 4.03.